The summed E-state index contributed by atoms with van der Waals surface area (Å²) >= 11 is 5.69. The molecule has 0 heterocycles. The zero-order valence-corrected chi connectivity index (χ0v) is 7.90. The lowest BCUT2D eigenvalue weighted by molar-refractivity contribution is 0.238. The number of allylic oxidation sites excluding steroid dienone is 2. The highest BCUT2D eigenvalue weighted by Gasteiger charge is 2.07. The first-order chi connectivity index (χ1) is 5.17. The molecule has 0 aliphatic carbocycles. The SMILES string of the molecule is CN=C(Cl)/C(OC)=C(\C)OC. The first-order valence-electron chi connectivity index (χ1n) is 3.08. The minimum Gasteiger partial charge on any atom is -0.497 e. The van der Waals surface area contributed by atoms with Crippen LogP contribution in [0, 0.1) is 0 Å². The summed E-state index contributed by atoms with van der Waals surface area (Å²) < 4.78 is 9.86. The van der Waals surface area contributed by atoms with Crippen molar-refractivity contribution in [1.82, 2.24) is 0 Å². The van der Waals surface area contributed by atoms with Gasteiger partial charge in [-0.25, -0.2) is 0 Å². The van der Waals surface area contributed by atoms with E-state index in [-0.39, 0.29) is 0 Å². The number of hydrogen-bond donors (Lipinski definition) is 0. The Bertz CT molecular complexity index is 187. The van der Waals surface area contributed by atoms with E-state index in [1.807, 2.05) is 0 Å². The Hall–Kier alpha value is -0.700. The Morgan fingerprint density at radius 2 is 1.82 bits per heavy atom. The zero-order chi connectivity index (χ0) is 8.85. The average Bonchev–Trinajstić information content (AvgIpc) is 2.05. The standard InChI is InChI=1S/C7H12ClNO2/c1-5(10-3)6(11-4)7(8)9-2/h1-4H3/b6-5-,9-7?. The van der Waals surface area contributed by atoms with Crippen LogP contribution in [0.3, 0.4) is 0 Å². The van der Waals surface area contributed by atoms with Gasteiger partial charge in [-0.15, -0.1) is 0 Å². The number of aliphatic imine (C=N–C) groups is 1. The number of ether oxygens (including phenoxy) is 2. The molecule has 0 aromatic carbocycles. The third kappa shape index (κ3) is 2.80. The van der Waals surface area contributed by atoms with E-state index in [1.54, 1.807) is 21.1 Å². The van der Waals surface area contributed by atoms with Crippen molar-refractivity contribution in [2.45, 2.75) is 6.92 Å². The largest absolute Gasteiger partial charge is 0.497 e. The van der Waals surface area contributed by atoms with Crippen LogP contribution in [0.1, 0.15) is 6.92 Å². The van der Waals surface area contributed by atoms with Crippen molar-refractivity contribution in [3.8, 4) is 0 Å². The molecule has 0 spiro atoms. The molecule has 0 aliphatic heterocycles. The van der Waals surface area contributed by atoms with Gasteiger partial charge in [0.2, 0.25) is 0 Å². The number of rotatable bonds is 3. The van der Waals surface area contributed by atoms with Gasteiger partial charge in [-0.05, 0) is 6.92 Å². The number of nitrogens with zero attached hydrogens (tertiary/aromatic N) is 1. The van der Waals surface area contributed by atoms with Crippen molar-refractivity contribution in [3.63, 3.8) is 0 Å². The van der Waals surface area contributed by atoms with Gasteiger partial charge in [0, 0.05) is 7.05 Å². The van der Waals surface area contributed by atoms with Crippen LogP contribution >= 0.6 is 11.6 Å². The van der Waals surface area contributed by atoms with E-state index in [4.69, 9.17) is 21.1 Å². The Morgan fingerprint density at radius 1 is 1.27 bits per heavy atom. The maximum Gasteiger partial charge on any atom is 0.193 e. The van der Waals surface area contributed by atoms with E-state index in [2.05, 4.69) is 4.99 Å². The minimum absolute atomic E-state index is 0.312. The van der Waals surface area contributed by atoms with E-state index in [0.29, 0.717) is 16.7 Å². The van der Waals surface area contributed by atoms with Crippen molar-refractivity contribution in [3.05, 3.63) is 11.5 Å². The van der Waals surface area contributed by atoms with Crippen LogP contribution in [-0.2, 0) is 9.47 Å². The summed E-state index contributed by atoms with van der Waals surface area (Å²) in [6, 6.07) is 0. The van der Waals surface area contributed by atoms with E-state index < -0.39 is 0 Å². The van der Waals surface area contributed by atoms with E-state index in [9.17, 15) is 0 Å². The summed E-state index contributed by atoms with van der Waals surface area (Å²) in [6.07, 6.45) is 0. The van der Waals surface area contributed by atoms with E-state index in [0.717, 1.165) is 0 Å². The zero-order valence-electron chi connectivity index (χ0n) is 7.14. The third-order valence-electron chi connectivity index (χ3n) is 1.21. The molecule has 0 radical (unpaired) electrons. The summed E-state index contributed by atoms with van der Waals surface area (Å²) in [4.78, 5) is 3.75. The maximum atomic E-state index is 5.69. The van der Waals surface area contributed by atoms with Crippen LogP contribution in [0.25, 0.3) is 0 Å². The van der Waals surface area contributed by atoms with Crippen LogP contribution in [-0.4, -0.2) is 26.4 Å². The molecule has 4 heteroatoms. The second-order valence-corrected chi connectivity index (χ2v) is 2.17. The van der Waals surface area contributed by atoms with Crippen LogP contribution in [0.4, 0.5) is 0 Å². The fourth-order valence-corrected chi connectivity index (χ4v) is 0.778. The van der Waals surface area contributed by atoms with Crippen LogP contribution in [0.2, 0.25) is 0 Å². The smallest absolute Gasteiger partial charge is 0.193 e. The normalized spacial score (nSPS) is 14.1. The molecule has 0 rings (SSSR count). The lowest BCUT2D eigenvalue weighted by Gasteiger charge is -2.06. The minimum atomic E-state index is 0.312. The monoisotopic (exact) mass is 177 g/mol. The molecule has 0 bridgehead atoms. The molecule has 0 aromatic rings. The predicted molar refractivity (Wildman–Crippen MR) is 45.9 cm³/mol. The number of hydrogen-bond acceptors (Lipinski definition) is 3. The van der Waals surface area contributed by atoms with Gasteiger partial charge in [-0.2, -0.15) is 0 Å². The molecule has 0 aromatic heterocycles. The lowest BCUT2D eigenvalue weighted by atomic mass is 10.4. The van der Waals surface area contributed by atoms with Crippen molar-refractivity contribution in [2.24, 2.45) is 4.99 Å². The highest BCUT2D eigenvalue weighted by molar-refractivity contribution is 6.69. The van der Waals surface area contributed by atoms with Gasteiger partial charge in [0.15, 0.2) is 10.9 Å². The second kappa shape index (κ2) is 5.02. The van der Waals surface area contributed by atoms with Gasteiger partial charge in [0.25, 0.3) is 0 Å². The average molecular weight is 178 g/mol. The highest BCUT2D eigenvalue weighted by Crippen LogP contribution is 2.10. The lowest BCUT2D eigenvalue weighted by Crippen LogP contribution is -2.01. The van der Waals surface area contributed by atoms with Gasteiger partial charge in [-0.1, -0.05) is 11.6 Å². The van der Waals surface area contributed by atoms with Gasteiger partial charge in [-0.3, -0.25) is 4.99 Å². The molecule has 0 N–H and O–H groups in total. The van der Waals surface area contributed by atoms with Gasteiger partial charge in [0.05, 0.1) is 14.2 Å². The van der Waals surface area contributed by atoms with Crippen LogP contribution in [0.5, 0.6) is 0 Å². The van der Waals surface area contributed by atoms with E-state index in [1.165, 1.54) is 7.11 Å². The Labute approximate surface area is 71.7 Å². The van der Waals surface area contributed by atoms with Gasteiger partial charge in [0.1, 0.15) is 5.76 Å². The molecule has 3 nitrogen and oxygen atoms in total. The number of halogens is 1. The molecule has 0 saturated heterocycles. The summed E-state index contributed by atoms with van der Waals surface area (Å²) in [6.45, 7) is 1.76. The van der Waals surface area contributed by atoms with Crippen molar-refractivity contribution in [2.75, 3.05) is 21.3 Å². The Kier molecular flexibility index (Phi) is 4.70. The quantitative estimate of drug-likeness (QED) is 0.486. The first kappa shape index (κ1) is 10.3. The fraction of sp³-hybridized carbons (Fsp3) is 0.571. The fourth-order valence-electron chi connectivity index (χ4n) is 0.567. The Morgan fingerprint density at radius 3 is 2.09 bits per heavy atom. The topological polar surface area (TPSA) is 30.8 Å². The molecule has 0 unspecified atom stereocenters. The van der Waals surface area contributed by atoms with Crippen LogP contribution in [0.15, 0.2) is 16.5 Å². The summed E-state index contributed by atoms with van der Waals surface area (Å²) in [5.41, 5.74) is 0. The molecule has 0 aliphatic rings. The summed E-state index contributed by atoms with van der Waals surface area (Å²) in [7, 11) is 4.66. The van der Waals surface area contributed by atoms with Crippen molar-refractivity contribution < 1.29 is 9.47 Å². The molecule has 11 heavy (non-hydrogen) atoms. The summed E-state index contributed by atoms with van der Waals surface area (Å²) in [5.74, 6) is 1.08. The molecule has 0 fully saturated rings. The van der Waals surface area contributed by atoms with Crippen molar-refractivity contribution in [1.29, 1.82) is 0 Å². The molecule has 0 amide bonds. The highest BCUT2D eigenvalue weighted by atomic mass is 35.5. The van der Waals surface area contributed by atoms with Crippen molar-refractivity contribution >= 4 is 16.8 Å². The van der Waals surface area contributed by atoms with E-state index >= 15 is 0 Å². The van der Waals surface area contributed by atoms with Gasteiger partial charge < -0.3 is 9.47 Å². The molecule has 64 valence electrons. The Balaban J connectivity index is 4.65. The molecule has 0 saturated carbocycles. The maximum absolute atomic E-state index is 5.69. The molecular formula is C7H12ClNO2. The molecular weight excluding hydrogens is 166 g/mol. The van der Waals surface area contributed by atoms with Gasteiger partial charge >= 0.3 is 0 Å². The molecule has 0 atom stereocenters. The first-order valence-corrected chi connectivity index (χ1v) is 3.46. The predicted octanol–water partition coefficient (Wildman–Crippen LogP) is 1.78. The number of methoxy groups -OCH3 is 2. The summed E-state index contributed by atoms with van der Waals surface area (Å²) in [5, 5.41) is 0.312. The second-order valence-electron chi connectivity index (χ2n) is 1.81. The third-order valence-corrected chi connectivity index (χ3v) is 1.55. The van der Waals surface area contributed by atoms with Crippen LogP contribution < -0.4 is 0 Å².